The SMILES string of the molecule is CC(C)Cn1nnnc1-c1cccc(OCCc2ccccc2-n2cncn2)c1. The molecule has 0 aliphatic heterocycles. The monoisotopic (exact) mass is 389 g/mol. The highest BCUT2D eigenvalue weighted by Gasteiger charge is 2.11. The first kappa shape index (κ1) is 18.8. The number of tetrazole rings is 1. The summed E-state index contributed by atoms with van der Waals surface area (Å²) in [6, 6.07) is 16.0. The lowest BCUT2D eigenvalue weighted by Gasteiger charge is -2.11. The molecular formula is C21H23N7O. The van der Waals surface area contributed by atoms with Crippen LogP contribution in [0.15, 0.2) is 61.2 Å². The normalized spacial score (nSPS) is 11.1. The van der Waals surface area contributed by atoms with Crippen LogP contribution in [0.4, 0.5) is 0 Å². The lowest BCUT2D eigenvalue weighted by atomic mass is 10.1. The Hall–Kier alpha value is -3.55. The molecule has 0 aliphatic rings. The average molecular weight is 389 g/mol. The summed E-state index contributed by atoms with van der Waals surface area (Å²) < 4.78 is 9.62. The fourth-order valence-corrected chi connectivity index (χ4v) is 3.16. The molecule has 29 heavy (non-hydrogen) atoms. The van der Waals surface area contributed by atoms with E-state index in [0.717, 1.165) is 41.4 Å². The molecule has 8 heteroatoms. The van der Waals surface area contributed by atoms with E-state index in [1.807, 2.05) is 47.1 Å². The minimum atomic E-state index is 0.460. The Morgan fingerprint density at radius 2 is 1.97 bits per heavy atom. The lowest BCUT2D eigenvalue weighted by Crippen LogP contribution is -2.08. The van der Waals surface area contributed by atoms with Crippen molar-refractivity contribution in [3.63, 3.8) is 0 Å². The van der Waals surface area contributed by atoms with E-state index < -0.39 is 0 Å². The molecule has 148 valence electrons. The third kappa shape index (κ3) is 4.48. The summed E-state index contributed by atoms with van der Waals surface area (Å²) in [5.74, 6) is 2.00. The van der Waals surface area contributed by atoms with E-state index in [-0.39, 0.29) is 0 Å². The predicted octanol–water partition coefficient (Wildman–Crippen LogP) is 3.20. The van der Waals surface area contributed by atoms with E-state index in [9.17, 15) is 0 Å². The molecule has 0 amide bonds. The topological polar surface area (TPSA) is 83.5 Å². The van der Waals surface area contributed by atoms with Gasteiger partial charge in [-0.05, 0) is 40.1 Å². The van der Waals surface area contributed by atoms with Crippen LogP contribution in [0.3, 0.4) is 0 Å². The quantitative estimate of drug-likeness (QED) is 0.460. The average Bonchev–Trinajstić information content (AvgIpc) is 3.40. The molecule has 0 unspecified atom stereocenters. The van der Waals surface area contributed by atoms with Gasteiger partial charge in [-0.25, -0.2) is 14.3 Å². The van der Waals surface area contributed by atoms with E-state index >= 15 is 0 Å². The van der Waals surface area contributed by atoms with Gasteiger partial charge in [-0.15, -0.1) is 5.10 Å². The van der Waals surface area contributed by atoms with Crippen LogP contribution in [0.5, 0.6) is 5.75 Å². The molecule has 2 heterocycles. The van der Waals surface area contributed by atoms with Gasteiger partial charge in [0.05, 0.1) is 12.3 Å². The molecule has 2 aromatic carbocycles. The number of rotatable bonds is 8. The van der Waals surface area contributed by atoms with Crippen LogP contribution in [-0.2, 0) is 13.0 Å². The summed E-state index contributed by atoms with van der Waals surface area (Å²) >= 11 is 0. The fourth-order valence-electron chi connectivity index (χ4n) is 3.16. The standard InChI is InChI=1S/C21H23N7O/c1-16(2)13-27-21(24-25-26-27)18-7-5-8-19(12-18)29-11-10-17-6-3-4-9-20(17)28-15-22-14-23-28/h3-9,12,14-16H,10-11,13H2,1-2H3. The second-order valence-corrected chi connectivity index (χ2v) is 7.17. The fraction of sp³-hybridized carbons (Fsp3) is 0.286. The van der Waals surface area contributed by atoms with Crippen LogP contribution in [0.25, 0.3) is 17.1 Å². The highest BCUT2D eigenvalue weighted by molar-refractivity contribution is 5.57. The van der Waals surface area contributed by atoms with Gasteiger partial charge in [0.1, 0.15) is 18.4 Å². The maximum Gasteiger partial charge on any atom is 0.182 e. The van der Waals surface area contributed by atoms with Crippen LogP contribution in [0.2, 0.25) is 0 Å². The van der Waals surface area contributed by atoms with Crippen LogP contribution < -0.4 is 4.74 Å². The molecular weight excluding hydrogens is 366 g/mol. The Morgan fingerprint density at radius 3 is 2.79 bits per heavy atom. The highest BCUT2D eigenvalue weighted by atomic mass is 16.5. The van der Waals surface area contributed by atoms with Crippen molar-refractivity contribution in [1.82, 2.24) is 35.0 Å². The Morgan fingerprint density at radius 1 is 1.07 bits per heavy atom. The maximum absolute atomic E-state index is 6.02. The van der Waals surface area contributed by atoms with Gasteiger partial charge in [0.2, 0.25) is 0 Å². The van der Waals surface area contributed by atoms with E-state index in [4.69, 9.17) is 4.74 Å². The van der Waals surface area contributed by atoms with Crippen molar-refractivity contribution in [1.29, 1.82) is 0 Å². The zero-order valence-corrected chi connectivity index (χ0v) is 16.5. The second-order valence-electron chi connectivity index (χ2n) is 7.17. The molecule has 8 nitrogen and oxygen atoms in total. The number of hydrogen-bond donors (Lipinski definition) is 0. The third-order valence-corrected chi connectivity index (χ3v) is 4.46. The number of aromatic nitrogens is 7. The van der Waals surface area contributed by atoms with Crippen molar-refractivity contribution in [3.8, 4) is 22.8 Å². The molecule has 0 bridgehead atoms. The summed E-state index contributed by atoms with van der Waals surface area (Å²) in [7, 11) is 0. The van der Waals surface area contributed by atoms with Crippen LogP contribution in [0, 0.1) is 5.92 Å². The zero-order valence-electron chi connectivity index (χ0n) is 16.5. The van der Waals surface area contributed by atoms with Gasteiger partial charge in [0.15, 0.2) is 5.82 Å². The van der Waals surface area contributed by atoms with Crippen LogP contribution >= 0.6 is 0 Å². The molecule has 0 fully saturated rings. The van der Waals surface area contributed by atoms with E-state index in [2.05, 4.69) is 45.5 Å². The summed E-state index contributed by atoms with van der Waals surface area (Å²) in [6.45, 7) is 5.60. The van der Waals surface area contributed by atoms with Gasteiger partial charge in [-0.3, -0.25) is 0 Å². The molecule has 2 aromatic heterocycles. The Bertz CT molecular complexity index is 1060. The molecule has 0 N–H and O–H groups in total. The van der Waals surface area contributed by atoms with Crippen molar-refractivity contribution in [3.05, 3.63) is 66.7 Å². The maximum atomic E-state index is 6.02. The molecule has 0 aliphatic carbocycles. The van der Waals surface area contributed by atoms with E-state index in [1.165, 1.54) is 6.33 Å². The Labute approximate surface area is 169 Å². The van der Waals surface area contributed by atoms with Crippen molar-refractivity contribution in [2.75, 3.05) is 6.61 Å². The van der Waals surface area contributed by atoms with Gasteiger partial charge in [0, 0.05) is 18.5 Å². The van der Waals surface area contributed by atoms with Gasteiger partial charge in [-0.2, -0.15) is 5.10 Å². The van der Waals surface area contributed by atoms with Crippen molar-refractivity contribution in [2.45, 2.75) is 26.8 Å². The summed E-state index contributed by atoms with van der Waals surface area (Å²) in [6.07, 6.45) is 3.99. The summed E-state index contributed by atoms with van der Waals surface area (Å²) in [5.41, 5.74) is 3.10. The number of para-hydroxylation sites is 1. The van der Waals surface area contributed by atoms with Crippen molar-refractivity contribution >= 4 is 0 Å². The van der Waals surface area contributed by atoms with Gasteiger partial charge in [0.25, 0.3) is 0 Å². The highest BCUT2D eigenvalue weighted by Crippen LogP contribution is 2.23. The lowest BCUT2D eigenvalue weighted by molar-refractivity contribution is 0.322. The Balaban J connectivity index is 1.45. The van der Waals surface area contributed by atoms with E-state index in [0.29, 0.717) is 12.5 Å². The van der Waals surface area contributed by atoms with Gasteiger partial charge in [-0.1, -0.05) is 44.2 Å². The summed E-state index contributed by atoms with van der Waals surface area (Å²) in [4.78, 5) is 4.03. The zero-order chi connectivity index (χ0) is 20.1. The molecule has 0 spiro atoms. The molecule has 4 rings (SSSR count). The largest absolute Gasteiger partial charge is 0.493 e. The first-order chi connectivity index (χ1) is 14.2. The second kappa shape index (κ2) is 8.64. The van der Waals surface area contributed by atoms with Crippen molar-refractivity contribution in [2.24, 2.45) is 5.92 Å². The predicted molar refractivity (Wildman–Crippen MR) is 109 cm³/mol. The first-order valence-electron chi connectivity index (χ1n) is 9.63. The number of benzene rings is 2. The molecule has 4 aromatic rings. The van der Waals surface area contributed by atoms with E-state index in [1.54, 1.807) is 11.0 Å². The van der Waals surface area contributed by atoms with Crippen LogP contribution in [0.1, 0.15) is 19.4 Å². The molecule has 0 radical (unpaired) electrons. The van der Waals surface area contributed by atoms with Gasteiger partial charge >= 0.3 is 0 Å². The number of ether oxygens (including phenoxy) is 1. The van der Waals surface area contributed by atoms with Crippen LogP contribution in [-0.4, -0.2) is 41.6 Å². The third-order valence-electron chi connectivity index (χ3n) is 4.46. The van der Waals surface area contributed by atoms with Gasteiger partial charge < -0.3 is 4.74 Å². The summed E-state index contributed by atoms with van der Waals surface area (Å²) in [5, 5.41) is 16.3. The van der Waals surface area contributed by atoms with Crippen molar-refractivity contribution < 1.29 is 4.74 Å². The Kier molecular flexibility index (Phi) is 5.60. The first-order valence-corrected chi connectivity index (χ1v) is 9.63. The minimum absolute atomic E-state index is 0.460. The molecule has 0 atom stereocenters. The minimum Gasteiger partial charge on any atom is -0.493 e. The number of nitrogens with zero attached hydrogens (tertiary/aromatic N) is 7. The molecule has 0 saturated carbocycles. The molecule has 0 saturated heterocycles. The smallest absolute Gasteiger partial charge is 0.182 e. The number of hydrogen-bond acceptors (Lipinski definition) is 6.